The molecule has 0 fully saturated rings. The number of hydrogen-bond donors (Lipinski definition) is 0. The van der Waals surface area contributed by atoms with E-state index in [2.05, 4.69) is 66.7 Å². The maximum Gasteiger partial charge on any atom is 0.165 e. The molecule has 0 atom stereocenters. The molecule has 5 heteroatoms. The molecular formula is C39H23N3OS. The van der Waals surface area contributed by atoms with Crippen LogP contribution >= 0.6 is 11.3 Å². The first-order valence-corrected chi connectivity index (χ1v) is 15.3. The van der Waals surface area contributed by atoms with Crippen molar-refractivity contribution < 1.29 is 4.42 Å². The summed E-state index contributed by atoms with van der Waals surface area (Å²) < 4.78 is 8.51. The van der Waals surface area contributed by atoms with Crippen LogP contribution in [0.25, 0.3) is 87.4 Å². The maximum absolute atomic E-state index is 6.11. The second-order valence-electron chi connectivity index (χ2n) is 10.8. The predicted octanol–water partition coefficient (Wildman–Crippen LogP) is 10.8. The Labute approximate surface area is 256 Å². The van der Waals surface area contributed by atoms with E-state index in [0.717, 1.165) is 43.3 Å². The lowest BCUT2D eigenvalue weighted by Gasteiger charge is -2.09. The molecule has 206 valence electrons. The van der Waals surface area contributed by atoms with E-state index in [1.165, 1.54) is 26.6 Å². The first-order valence-electron chi connectivity index (χ1n) is 14.5. The van der Waals surface area contributed by atoms with Crippen LogP contribution in [0.2, 0.25) is 0 Å². The van der Waals surface area contributed by atoms with E-state index in [1.807, 2.05) is 72.8 Å². The van der Waals surface area contributed by atoms with Crippen molar-refractivity contribution in [2.75, 3.05) is 0 Å². The molecule has 0 N–H and O–H groups in total. The fraction of sp³-hybridized carbons (Fsp3) is 0. The maximum atomic E-state index is 6.11. The van der Waals surface area contributed by atoms with Crippen LogP contribution in [0.4, 0.5) is 0 Å². The van der Waals surface area contributed by atoms with Crippen molar-refractivity contribution in [2.45, 2.75) is 0 Å². The van der Waals surface area contributed by atoms with Crippen LogP contribution < -0.4 is 0 Å². The van der Waals surface area contributed by atoms with Crippen LogP contribution in [0.1, 0.15) is 0 Å². The van der Waals surface area contributed by atoms with Crippen LogP contribution in [0.3, 0.4) is 0 Å². The number of thiophene rings is 1. The summed E-state index contributed by atoms with van der Waals surface area (Å²) in [6, 6.07) is 48.0. The highest BCUT2D eigenvalue weighted by Gasteiger charge is 2.18. The van der Waals surface area contributed by atoms with Gasteiger partial charge in [-0.1, -0.05) is 115 Å². The highest BCUT2D eigenvalue weighted by molar-refractivity contribution is 7.26. The lowest BCUT2D eigenvalue weighted by molar-refractivity contribution is 0.669. The molecule has 0 amide bonds. The van der Waals surface area contributed by atoms with Gasteiger partial charge in [0.15, 0.2) is 17.5 Å². The average Bonchev–Trinajstić information content (AvgIpc) is 3.67. The van der Waals surface area contributed by atoms with Crippen molar-refractivity contribution in [1.29, 1.82) is 0 Å². The van der Waals surface area contributed by atoms with Crippen LogP contribution in [-0.2, 0) is 0 Å². The molecule has 0 bridgehead atoms. The monoisotopic (exact) mass is 581 g/mol. The van der Waals surface area contributed by atoms with Crippen molar-refractivity contribution in [3.05, 3.63) is 140 Å². The van der Waals surface area contributed by atoms with Crippen molar-refractivity contribution in [3.8, 4) is 45.3 Å². The zero-order valence-electron chi connectivity index (χ0n) is 23.4. The van der Waals surface area contributed by atoms with Gasteiger partial charge in [0.25, 0.3) is 0 Å². The van der Waals surface area contributed by atoms with Crippen molar-refractivity contribution in [3.63, 3.8) is 0 Å². The first kappa shape index (κ1) is 24.9. The summed E-state index contributed by atoms with van der Waals surface area (Å²) in [5.41, 5.74) is 7.10. The Morgan fingerprint density at radius 2 is 0.932 bits per heavy atom. The molecule has 3 heterocycles. The molecule has 6 aromatic carbocycles. The molecular weight excluding hydrogens is 559 g/mol. The van der Waals surface area contributed by atoms with Crippen LogP contribution in [0.5, 0.6) is 0 Å². The highest BCUT2D eigenvalue weighted by atomic mass is 32.1. The number of benzene rings is 6. The molecule has 44 heavy (non-hydrogen) atoms. The molecule has 3 aromatic heterocycles. The molecule has 0 aliphatic heterocycles. The van der Waals surface area contributed by atoms with Gasteiger partial charge in [0.05, 0.1) is 0 Å². The third-order valence-corrected chi connectivity index (χ3v) is 9.44. The summed E-state index contributed by atoms with van der Waals surface area (Å²) in [5, 5.41) is 4.68. The van der Waals surface area contributed by atoms with Crippen molar-refractivity contribution >= 4 is 53.4 Å². The zero-order valence-corrected chi connectivity index (χ0v) is 24.3. The van der Waals surface area contributed by atoms with Gasteiger partial charge in [-0.05, 0) is 35.4 Å². The van der Waals surface area contributed by atoms with Crippen molar-refractivity contribution in [1.82, 2.24) is 15.0 Å². The van der Waals surface area contributed by atoms with Gasteiger partial charge in [-0.15, -0.1) is 11.3 Å². The van der Waals surface area contributed by atoms with E-state index in [-0.39, 0.29) is 0 Å². The van der Waals surface area contributed by atoms with E-state index < -0.39 is 0 Å². The number of furan rings is 1. The summed E-state index contributed by atoms with van der Waals surface area (Å²) in [7, 11) is 0. The fourth-order valence-corrected chi connectivity index (χ4v) is 7.39. The Balaban J connectivity index is 1.26. The van der Waals surface area contributed by atoms with Gasteiger partial charge >= 0.3 is 0 Å². The minimum absolute atomic E-state index is 0.661. The van der Waals surface area contributed by atoms with Crippen LogP contribution in [-0.4, -0.2) is 15.0 Å². The lowest BCUT2D eigenvalue weighted by Crippen LogP contribution is -2.00. The van der Waals surface area contributed by atoms with Gasteiger partial charge in [0, 0.05) is 47.6 Å². The largest absolute Gasteiger partial charge is 0.456 e. The molecule has 0 aliphatic rings. The van der Waals surface area contributed by atoms with Gasteiger partial charge in [0.2, 0.25) is 0 Å². The fourth-order valence-electron chi connectivity index (χ4n) is 6.05. The Morgan fingerprint density at radius 3 is 1.64 bits per heavy atom. The molecule has 0 aliphatic carbocycles. The number of nitrogens with zero attached hydrogens (tertiary/aromatic N) is 3. The summed E-state index contributed by atoms with van der Waals surface area (Å²) in [4.78, 5) is 15.0. The first-order chi connectivity index (χ1) is 21.8. The molecule has 9 aromatic rings. The highest BCUT2D eigenvalue weighted by Crippen LogP contribution is 2.44. The van der Waals surface area contributed by atoms with Gasteiger partial charge in [-0.25, -0.2) is 15.0 Å². The summed E-state index contributed by atoms with van der Waals surface area (Å²) in [6.45, 7) is 0. The van der Waals surface area contributed by atoms with Gasteiger partial charge in [-0.2, -0.15) is 0 Å². The Bertz CT molecular complexity index is 2440. The summed E-state index contributed by atoms with van der Waals surface area (Å²) in [6.07, 6.45) is 0. The van der Waals surface area contributed by atoms with Gasteiger partial charge < -0.3 is 4.42 Å². The van der Waals surface area contributed by atoms with Gasteiger partial charge in [-0.3, -0.25) is 0 Å². The molecule has 0 saturated carbocycles. The normalized spacial score (nSPS) is 11.6. The van der Waals surface area contributed by atoms with E-state index in [4.69, 9.17) is 19.4 Å². The third-order valence-electron chi connectivity index (χ3n) is 8.15. The molecule has 9 rings (SSSR count). The number of hydrogen-bond acceptors (Lipinski definition) is 5. The standard InChI is InChI=1S/C39H23N3OS/c1-3-11-24(12-4-1)37-40-38(25-13-5-2-6-14-25)42-39(41-37)31-19-10-18-30-29-17-9-16-27(35(29)44-36(30)31)26-21-22-34-32(23-26)28-15-7-8-20-33(28)43-34/h1-23H. The van der Waals surface area contributed by atoms with E-state index >= 15 is 0 Å². The van der Waals surface area contributed by atoms with E-state index in [9.17, 15) is 0 Å². The molecule has 0 radical (unpaired) electrons. The minimum Gasteiger partial charge on any atom is -0.456 e. The van der Waals surface area contributed by atoms with E-state index in [1.54, 1.807) is 11.3 Å². The minimum atomic E-state index is 0.661. The molecule has 0 unspecified atom stereocenters. The van der Waals surface area contributed by atoms with Gasteiger partial charge in [0.1, 0.15) is 11.2 Å². The third kappa shape index (κ3) is 4.02. The average molecular weight is 582 g/mol. The Hall–Kier alpha value is -5.65. The number of rotatable bonds is 4. The van der Waals surface area contributed by atoms with E-state index in [0.29, 0.717) is 17.5 Å². The molecule has 0 saturated heterocycles. The Kier molecular flexibility index (Phi) is 5.64. The second-order valence-corrected chi connectivity index (χ2v) is 11.8. The number of aromatic nitrogens is 3. The number of para-hydroxylation sites is 1. The number of fused-ring (bicyclic) bond motifs is 6. The quantitative estimate of drug-likeness (QED) is 0.207. The summed E-state index contributed by atoms with van der Waals surface area (Å²) in [5.74, 6) is 1.99. The summed E-state index contributed by atoms with van der Waals surface area (Å²) >= 11 is 1.80. The Morgan fingerprint density at radius 1 is 0.386 bits per heavy atom. The lowest BCUT2D eigenvalue weighted by atomic mass is 10.00. The predicted molar refractivity (Wildman–Crippen MR) is 182 cm³/mol. The molecule has 0 spiro atoms. The zero-order chi connectivity index (χ0) is 29.0. The smallest absolute Gasteiger partial charge is 0.165 e. The van der Waals surface area contributed by atoms with Crippen LogP contribution in [0, 0.1) is 0 Å². The molecule has 4 nitrogen and oxygen atoms in total. The van der Waals surface area contributed by atoms with Crippen molar-refractivity contribution in [2.24, 2.45) is 0 Å². The SMILES string of the molecule is c1ccc(-c2nc(-c3ccccc3)nc(-c3cccc4c3sc3c(-c5ccc6oc7ccccc7c6c5)cccc34)n2)cc1. The van der Waals surface area contributed by atoms with Crippen LogP contribution in [0.15, 0.2) is 144 Å². The second kappa shape index (κ2) is 9.97. The topological polar surface area (TPSA) is 51.8 Å².